The zero-order chi connectivity index (χ0) is 17.2. The molecule has 6 nitrogen and oxygen atoms in total. The maximum absolute atomic E-state index is 11.6. The maximum Gasteiger partial charge on any atom is 0.323 e. The Hall–Kier alpha value is -2.12. The van der Waals surface area contributed by atoms with Crippen LogP contribution in [0.25, 0.3) is 11.0 Å². The van der Waals surface area contributed by atoms with E-state index in [1.807, 2.05) is 44.2 Å². The van der Waals surface area contributed by atoms with E-state index in [4.69, 9.17) is 9.47 Å². The van der Waals surface area contributed by atoms with Gasteiger partial charge in [-0.2, -0.15) is 0 Å². The van der Waals surface area contributed by atoms with E-state index in [1.165, 1.54) is 0 Å². The number of imidazole rings is 1. The number of fused-ring (bicyclic) bond motifs is 1. The number of aromatic amines is 2. The molecule has 24 heavy (non-hydrogen) atoms. The number of nitrogens with one attached hydrogen (secondary N) is 2. The summed E-state index contributed by atoms with van der Waals surface area (Å²) in [4.78, 5) is 21.4. The smallest absolute Gasteiger partial charge is 0.323 e. The minimum absolute atomic E-state index is 0.253. The number of aromatic nitrogens is 3. The molecule has 0 saturated heterocycles. The fraction of sp³-hybridized carbons (Fsp3) is 0.294. The van der Waals surface area contributed by atoms with Gasteiger partial charge in [-0.1, -0.05) is 6.07 Å². The lowest BCUT2D eigenvalue weighted by molar-refractivity contribution is -0.0625. The average Bonchev–Trinajstić information content (AvgIpc) is 2.95. The molecule has 0 aliphatic carbocycles. The van der Waals surface area contributed by atoms with E-state index in [-0.39, 0.29) is 12.3 Å². The van der Waals surface area contributed by atoms with Gasteiger partial charge in [0.15, 0.2) is 5.75 Å². The van der Waals surface area contributed by atoms with Crippen LogP contribution in [0.2, 0.25) is 0 Å². The summed E-state index contributed by atoms with van der Waals surface area (Å²) in [6, 6.07) is 9.33. The van der Waals surface area contributed by atoms with Gasteiger partial charge in [-0.25, -0.2) is 4.79 Å². The molecule has 0 radical (unpaired) electrons. The van der Waals surface area contributed by atoms with E-state index in [1.54, 1.807) is 6.20 Å². The molecule has 2 N–H and O–H groups in total. The Morgan fingerprint density at radius 3 is 2.79 bits per heavy atom. The molecule has 1 aromatic carbocycles. The summed E-state index contributed by atoms with van der Waals surface area (Å²) < 4.78 is 12.7. The number of ether oxygens (including phenoxy) is 2. The number of rotatable bonds is 6. The molecule has 0 fully saturated rings. The number of hydrogen-bond acceptors (Lipinski definition) is 4. The van der Waals surface area contributed by atoms with Crippen LogP contribution >= 0.6 is 15.9 Å². The van der Waals surface area contributed by atoms with Gasteiger partial charge in [0, 0.05) is 12.8 Å². The maximum atomic E-state index is 11.6. The molecule has 0 spiro atoms. The summed E-state index contributed by atoms with van der Waals surface area (Å²) in [6.07, 6.45) is 1.73. The van der Waals surface area contributed by atoms with Crippen LogP contribution in [0, 0.1) is 0 Å². The Labute approximate surface area is 147 Å². The van der Waals surface area contributed by atoms with Gasteiger partial charge < -0.3 is 19.4 Å². The van der Waals surface area contributed by atoms with Gasteiger partial charge in [0.1, 0.15) is 17.7 Å². The van der Waals surface area contributed by atoms with Gasteiger partial charge in [0.25, 0.3) is 0 Å². The number of hydrogen-bond donors (Lipinski definition) is 2. The molecule has 7 heteroatoms. The third-order valence-electron chi connectivity index (χ3n) is 3.76. The standard InChI is InChI=1S/C17H18BrN3O3/c1-3-24-17(2,13-6-4-5-9-19-13)10-23-15-11(18)7-8-12-14(15)21-16(22)20-12/h4-9H,3,10H2,1-2H3,(H2,20,21,22). The van der Waals surface area contributed by atoms with Crippen LogP contribution in [-0.2, 0) is 10.3 Å². The van der Waals surface area contributed by atoms with Crippen LogP contribution in [0.3, 0.4) is 0 Å². The first kappa shape index (κ1) is 16.7. The van der Waals surface area contributed by atoms with E-state index in [9.17, 15) is 4.79 Å². The number of pyridine rings is 1. The van der Waals surface area contributed by atoms with Crippen LogP contribution in [0.15, 0.2) is 45.8 Å². The highest BCUT2D eigenvalue weighted by Crippen LogP contribution is 2.33. The van der Waals surface area contributed by atoms with Crippen molar-refractivity contribution in [3.8, 4) is 5.75 Å². The van der Waals surface area contributed by atoms with Crippen molar-refractivity contribution < 1.29 is 9.47 Å². The van der Waals surface area contributed by atoms with Crippen molar-refractivity contribution in [2.24, 2.45) is 0 Å². The monoisotopic (exact) mass is 391 g/mol. The fourth-order valence-corrected chi connectivity index (χ4v) is 3.03. The minimum Gasteiger partial charge on any atom is -0.487 e. The van der Waals surface area contributed by atoms with E-state index in [0.29, 0.717) is 23.4 Å². The van der Waals surface area contributed by atoms with E-state index < -0.39 is 5.60 Å². The highest BCUT2D eigenvalue weighted by atomic mass is 79.9. The molecular weight excluding hydrogens is 374 g/mol. The highest BCUT2D eigenvalue weighted by molar-refractivity contribution is 9.10. The van der Waals surface area contributed by atoms with E-state index in [2.05, 4.69) is 30.9 Å². The molecule has 1 atom stereocenters. The average molecular weight is 392 g/mol. The van der Waals surface area contributed by atoms with E-state index >= 15 is 0 Å². The quantitative estimate of drug-likeness (QED) is 0.674. The first-order valence-electron chi connectivity index (χ1n) is 7.62. The first-order chi connectivity index (χ1) is 11.5. The lowest BCUT2D eigenvalue weighted by Crippen LogP contribution is -2.34. The summed E-state index contributed by atoms with van der Waals surface area (Å²) in [5.41, 5.74) is 1.13. The van der Waals surface area contributed by atoms with Crippen molar-refractivity contribution >= 4 is 27.0 Å². The summed E-state index contributed by atoms with van der Waals surface area (Å²) in [7, 11) is 0. The van der Waals surface area contributed by atoms with Gasteiger partial charge >= 0.3 is 5.69 Å². The van der Waals surface area contributed by atoms with Crippen molar-refractivity contribution in [3.63, 3.8) is 0 Å². The molecule has 0 bridgehead atoms. The van der Waals surface area contributed by atoms with Gasteiger partial charge in [-0.15, -0.1) is 0 Å². The van der Waals surface area contributed by atoms with Crippen LogP contribution in [0.4, 0.5) is 0 Å². The summed E-state index contributed by atoms with van der Waals surface area (Å²) in [5, 5.41) is 0. The third-order valence-corrected chi connectivity index (χ3v) is 4.38. The van der Waals surface area contributed by atoms with Gasteiger partial charge in [-0.05, 0) is 54.0 Å². The molecule has 0 saturated carbocycles. The van der Waals surface area contributed by atoms with Crippen LogP contribution in [-0.4, -0.2) is 28.2 Å². The van der Waals surface area contributed by atoms with Crippen molar-refractivity contribution in [3.05, 3.63) is 57.2 Å². The first-order valence-corrected chi connectivity index (χ1v) is 8.41. The van der Waals surface area contributed by atoms with Crippen molar-refractivity contribution in [2.45, 2.75) is 19.4 Å². The highest BCUT2D eigenvalue weighted by Gasteiger charge is 2.30. The van der Waals surface area contributed by atoms with Crippen LogP contribution < -0.4 is 10.4 Å². The van der Waals surface area contributed by atoms with Crippen LogP contribution in [0.5, 0.6) is 5.75 Å². The Bertz CT molecular complexity index is 891. The van der Waals surface area contributed by atoms with Crippen molar-refractivity contribution in [1.82, 2.24) is 15.0 Å². The SMILES string of the molecule is CCOC(C)(COc1c(Br)ccc2[nH]c(=O)[nH]c12)c1ccccn1. The van der Waals surface area contributed by atoms with Crippen molar-refractivity contribution in [1.29, 1.82) is 0 Å². The lowest BCUT2D eigenvalue weighted by Gasteiger charge is -2.29. The molecule has 0 amide bonds. The Morgan fingerprint density at radius 1 is 1.25 bits per heavy atom. The largest absolute Gasteiger partial charge is 0.487 e. The predicted molar refractivity (Wildman–Crippen MR) is 95.3 cm³/mol. The lowest BCUT2D eigenvalue weighted by atomic mass is 10.0. The molecule has 3 rings (SSSR count). The Balaban J connectivity index is 1.93. The molecule has 3 aromatic rings. The predicted octanol–water partition coefficient (Wildman–Crippen LogP) is 3.34. The van der Waals surface area contributed by atoms with Gasteiger partial charge in [0.05, 0.1) is 15.7 Å². The van der Waals surface area contributed by atoms with E-state index in [0.717, 1.165) is 10.2 Å². The summed E-state index contributed by atoms with van der Waals surface area (Å²) in [6.45, 7) is 4.65. The molecule has 0 aliphatic rings. The molecule has 2 aromatic heterocycles. The molecule has 126 valence electrons. The topological polar surface area (TPSA) is 80.0 Å². The van der Waals surface area contributed by atoms with Gasteiger partial charge in [0.2, 0.25) is 0 Å². The second-order valence-electron chi connectivity index (χ2n) is 5.55. The van der Waals surface area contributed by atoms with Crippen molar-refractivity contribution in [2.75, 3.05) is 13.2 Å². The van der Waals surface area contributed by atoms with Gasteiger partial charge in [-0.3, -0.25) is 4.98 Å². The Kier molecular flexibility index (Phi) is 4.73. The molecular formula is C17H18BrN3O3. The second kappa shape index (κ2) is 6.78. The Morgan fingerprint density at radius 2 is 2.08 bits per heavy atom. The zero-order valence-corrected chi connectivity index (χ0v) is 15.0. The zero-order valence-electron chi connectivity index (χ0n) is 13.4. The normalized spacial score (nSPS) is 13.8. The number of benzene rings is 1. The molecule has 1 unspecified atom stereocenters. The fourth-order valence-electron chi connectivity index (χ4n) is 2.59. The third kappa shape index (κ3) is 3.22. The number of halogens is 1. The summed E-state index contributed by atoms with van der Waals surface area (Å²) in [5.74, 6) is 0.563. The second-order valence-corrected chi connectivity index (χ2v) is 6.40. The molecule has 0 aliphatic heterocycles. The number of nitrogens with zero attached hydrogens (tertiary/aromatic N) is 1. The van der Waals surface area contributed by atoms with Crippen LogP contribution in [0.1, 0.15) is 19.5 Å². The minimum atomic E-state index is -0.700. The summed E-state index contributed by atoms with van der Waals surface area (Å²) >= 11 is 3.47. The molecule has 2 heterocycles. The number of H-pyrrole nitrogens is 2.